The average Bonchev–Trinajstić information content (AvgIpc) is 2.81. The van der Waals surface area contributed by atoms with Crippen molar-refractivity contribution in [2.75, 3.05) is 11.9 Å². The van der Waals surface area contributed by atoms with Crippen LogP contribution >= 0.6 is 15.9 Å². The van der Waals surface area contributed by atoms with Crippen molar-refractivity contribution in [1.82, 2.24) is 0 Å². The summed E-state index contributed by atoms with van der Waals surface area (Å²) in [5, 5.41) is 3.00. The minimum absolute atomic E-state index is 0.0724. The normalized spacial score (nSPS) is 23.1. The maximum Gasteiger partial charge on any atom is 0.227 e. The van der Waals surface area contributed by atoms with Crippen LogP contribution in [0.15, 0.2) is 22.7 Å². The van der Waals surface area contributed by atoms with Crippen molar-refractivity contribution >= 4 is 27.5 Å². The Labute approximate surface area is 116 Å². The highest BCUT2D eigenvalue weighted by Gasteiger charge is 2.32. The van der Waals surface area contributed by atoms with E-state index in [2.05, 4.69) is 21.2 Å². The second-order valence-corrected chi connectivity index (χ2v) is 5.86. The molecule has 0 radical (unpaired) electrons. The molecule has 0 bridgehead atoms. The summed E-state index contributed by atoms with van der Waals surface area (Å²) in [6.07, 6.45) is 3.13. The van der Waals surface area contributed by atoms with Gasteiger partial charge in [-0.2, -0.15) is 0 Å². The van der Waals surface area contributed by atoms with E-state index in [1.807, 2.05) is 25.1 Å². The van der Waals surface area contributed by atoms with Crippen molar-refractivity contribution < 1.29 is 4.79 Å². The monoisotopic (exact) mass is 310 g/mol. The van der Waals surface area contributed by atoms with Crippen LogP contribution < -0.4 is 11.1 Å². The molecule has 3 nitrogen and oxygen atoms in total. The van der Waals surface area contributed by atoms with Gasteiger partial charge in [-0.3, -0.25) is 4.79 Å². The molecule has 2 unspecified atom stereocenters. The molecule has 1 saturated carbocycles. The van der Waals surface area contributed by atoms with Gasteiger partial charge in [0, 0.05) is 10.4 Å². The Morgan fingerprint density at radius 2 is 2.28 bits per heavy atom. The standard InChI is InChI=1S/C14H19BrN2O/c1-9-5-6-13(12(15)7-9)17-14(18)11-4-2-3-10(11)8-16/h5-7,10-11H,2-4,8,16H2,1H3,(H,17,18). The molecular weight excluding hydrogens is 292 g/mol. The summed E-state index contributed by atoms with van der Waals surface area (Å²) in [6, 6.07) is 5.93. The molecule has 2 rings (SSSR count). The van der Waals surface area contributed by atoms with Gasteiger partial charge in [0.05, 0.1) is 5.69 Å². The summed E-state index contributed by atoms with van der Waals surface area (Å²) in [7, 11) is 0. The maximum atomic E-state index is 12.2. The van der Waals surface area contributed by atoms with Crippen LogP contribution in [0.3, 0.4) is 0 Å². The van der Waals surface area contributed by atoms with Gasteiger partial charge in [0.25, 0.3) is 0 Å². The third-order valence-electron chi connectivity index (χ3n) is 3.68. The number of hydrogen-bond acceptors (Lipinski definition) is 2. The van der Waals surface area contributed by atoms with Crippen molar-refractivity contribution in [3.8, 4) is 0 Å². The first-order valence-corrected chi connectivity index (χ1v) is 7.18. The number of benzene rings is 1. The van der Waals surface area contributed by atoms with Crippen LogP contribution in [-0.4, -0.2) is 12.5 Å². The zero-order chi connectivity index (χ0) is 13.1. The Morgan fingerprint density at radius 1 is 1.50 bits per heavy atom. The topological polar surface area (TPSA) is 55.1 Å². The van der Waals surface area contributed by atoms with E-state index >= 15 is 0 Å². The summed E-state index contributed by atoms with van der Waals surface area (Å²) < 4.78 is 0.929. The summed E-state index contributed by atoms with van der Waals surface area (Å²) in [5.74, 6) is 0.518. The second-order valence-electron chi connectivity index (χ2n) is 5.01. The lowest BCUT2D eigenvalue weighted by molar-refractivity contribution is -0.120. The van der Waals surface area contributed by atoms with Gasteiger partial charge in [-0.15, -0.1) is 0 Å². The van der Waals surface area contributed by atoms with E-state index in [1.54, 1.807) is 0 Å². The fraction of sp³-hybridized carbons (Fsp3) is 0.500. The van der Waals surface area contributed by atoms with E-state index < -0.39 is 0 Å². The third kappa shape index (κ3) is 2.93. The van der Waals surface area contributed by atoms with Crippen molar-refractivity contribution in [3.05, 3.63) is 28.2 Å². The molecule has 0 heterocycles. The van der Waals surface area contributed by atoms with Gasteiger partial charge in [-0.1, -0.05) is 12.5 Å². The molecule has 0 aromatic heterocycles. The molecule has 0 saturated heterocycles. The van der Waals surface area contributed by atoms with Crippen LogP contribution in [0.25, 0.3) is 0 Å². The number of aryl methyl sites for hydroxylation is 1. The molecule has 1 amide bonds. The number of carbonyl (C=O) groups is 1. The second kappa shape index (κ2) is 5.85. The molecule has 2 atom stereocenters. The Hall–Kier alpha value is -0.870. The van der Waals surface area contributed by atoms with Gasteiger partial charge in [0.15, 0.2) is 0 Å². The molecule has 1 fully saturated rings. The van der Waals surface area contributed by atoms with Crippen molar-refractivity contribution in [2.24, 2.45) is 17.6 Å². The van der Waals surface area contributed by atoms with Crippen LogP contribution in [-0.2, 0) is 4.79 Å². The zero-order valence-electron chi connectivity index (χ0n) is 10.6. The number of halogens is 1. The lowest BCUT2D eigenvalue weighted by Gasteiger charge is -2.18. The average molecular weight is 311 g/mol. The molecule has 4 heteroatoms. The molecule has 18 heavy (non-hydrogen) atoms. The molecule has 98 valence electrons. The smallest absolute Gasteiger partial charge is 0.227 e. The number of anilines is 1. The third-order valence-corrected chi connectivity index (χ3v) is 4.34. The molecule has 0 spiro atoms. The predicted molar refractivity (Wildman–Crippen MR) is 77.4 cm³/mol. The number of nitrogens with one attached hydrogen (secondary N) is 1. The summed E-state index contributed by atoms with van der Waals surface area (Å²) in [5.41, 5.74) is 7.72. The van der Waals surface area contributed by atoms with E-state index in [0.717, 1.165) is 29.4 Å². The lowest BCUT2D eigenvalue weighted by Crippen LogP contribution is -2.29. The van der Waals surface area contributed by atoms with E-state index in [-0.39, 0.29) is 11.8 Å². The van der Waals surface area contributed by atoms with Crippen molar-refractivity contribution in [2.45, 2.75) is 26.2 Å². The number of carbonyl (C=O) groups excluding carboxylic acids is 1. The van der Waals surface area contributed by atoms with E-state index in [1.165, 1.54) is 5.56 Å². The van der Waals surface area contributed by atoms with Crippen LogP contribution in [0.2, 0.25) is 0 Å². The minimum Gasteiger partial charge on any atom is -0.330 e. The molecule has 1 aliphatic carbocycles. The molecular formula is C14H19BrN2O. The lowest BCUT2D eigenvalue weighted by atomic mass is 9.95. The highest BCUT2D eigenvalue weighted by Crippen LogP contribution is 2.32. The Bertz CT molecular complexity index is 447. The highest BCUT2D eigenvalue weighted by molar-refractivity contribution is 9.10. The van der Waals surface area contributed by atoms with Gasteiger partial charge >= 0.3 is 0 Å². The van der Waals surface area contributed by atoms with Crippen molar-refractivity contribution in [1.29, 1.82) is 0 Å². The summed E-state index contributed by atoms with van der Waals surface area (Å²) in [4.78, 5) is 12.2. The van der Waals surface area contributed by atoms with Gasteiger partial charge < -0.3 is 11.1 Å². The van der Waals surface area contributed by atoms with Gasteiger partial charge in [0.2, 0.25) is 5.91 Å². The first-order valence-electron chi connectivity index (χ1n) is 6.39. The highest BCUT2D eigenvalue weighted by atomic mass is 79.9. The van der Waals surface area contributed by atoms with E-state index in [9.17, 15) is 4.79 Å². The fourth-order valence-corrected chi connectivity index (χ4v) is 3.20. The quantitative estimate of drug-likeness (QED) is 0.901. The molecule has 0 aliphatic heterocycles. The van der Waals surface area contributed by atoms with Crippen LogP contribution in [0.1, 0.15) is 24.8 Å². The first-order chi connectivity index (χ1) is 8.61. The number of nitrogens with two attached hydrogens (primary N) is 1. The zero-order valence-corrected chi connectivity index (χ0v) is 12.2. The molecule has 1 aliphatic rings. The molecule has 1 aromatic carbocycles. The van der Waals surface area contributed by atoms with Gasteiger partial charge in [-0.25, -0.2) is 0 Å². The molecule has 1 aromatic rings. The maximum absolute atomic E-state index is 12.2. The van der Waals surface area contributed by atoms with Crippen LogP contribution in [0.4, 0.5) is 5.69 Å². The fourth-order valence-electron chi connectivity index (χ4n) is 2.61. The number of amides is 1. The van der Waals surface area contributed by atoms with Gasteiger partial charge in [-0.05, 0) is 65.9 Å². The summed E-state index contributed by atoms with van der Waals surface area (Å²) >= 11 is 3.48. The van der Waals surface area contributed by atoms with E-state index in [0.29, 0.717) is 12.5 Å². The minimum atomic E-state index is 0.0724. The molecule has 3 N–H and O–H groups in total. The Kier molecular flexibility index (Phi) is 4.40. The van der Waals surface area contributed by atoms with E-state index in [4.69, 9.17) is 5.73 Å². The first kappa shape index (κ1) is 13.6. The van der Waals surface area contributed by atoms with Gasteiger partial charge in [0.1, 0.15) is 0 Å². The Morgan fingerprint density at radius 3 is 2.94 bits per heavy atom. The van der Waals surface area contributed by atoms with Crippen LogP contribution in [0, 0.1) is 18.8 Å². The summed E-state index contributed by atoms with van der Waals surface area (Å²) in [6.45, 7) is 2.63. The van der Waals surface area contributed by atoms with Crippen molar-refractivity contribution in [3.63, 3.8) is 0 Å². The van der Waals surface area contributed by atoms with Crippen LogP contribution in [0.5, 0.6) is 0 Å². The number of rotatable bonds is 3. The SMILES string of the molecule is Cc1ccc(NC(=O)C2CCCC2CN)c(Br)c1. The Balaban J connectivity index is 2.07. The number of hydrogen-bond donors (Lipinski definition) is 2. The largest absolute Gasteiger partial charge is 0.330 e. The predicted octanol–water partition coefficient (Wildman–Crippen LogP) is 3.07.